The first-order valence-electron chi connectivity index (χ1n) is 5.06. The van der Waals surface area contributed by atoms with E-state index >= 15 is 0 Å². The normalized spacial score (nSPS) is 19.6. The molecule has 0 aliphatic carbocycles. The molecule has 0 fully saturated rings. The lowest BCUT2D eigenvalue weighted by atomic mass is 10.1. The van der Waals surface area contributed by atoms with Gasteiger partial charge in [-0.1, -0.05) is 5.16 Å². The summed E-state index contributed by atoms with van der Waals surface area (Å²) >= 11 is 0. The van der Waals surface area contributed by atoms with Crippen molar-refractivity contribution in [1.82, 2.24) is 0 Å². The van der Waals surface area contributed by atoms with E-state index in [1.165, 1.54) is 0 Å². The Kier molecular flexibility index (Phi) is 3.06. The van der Waals surface area contributed by atoms with Gasteiger partial charge in [0.05, 0.1) is 12.8 Å². The fourth-order valence-electron chi connectivity index (χ4n) is 1.54. The maximum atomic E-state index is 11.3. The molecule has 0 N–H and O–H groups in total. The highest BCUT2D eigenvalue weighted by Crippen LogP contribution is 2.21. The van der Waals surface area contributed by atoms with Crippen LogP contribution in [0.1, 0.15) is 12.0 Å². The zero-order chi connectivity index (χ0) is 12.5. The number of methoxy groups -OCH3 is 1. The molecule has 17 heavy (non-hydrogen) atoms. The largest absolute Gasteiger partial charge is 0.497 e. The Morgan fingerprint density at radius 1 is 1.35 bits per heavy atom. The molecule has 1 heterocycles. The standard InChI is InChI=1S/C11H13NO4S/c1-15-9-5-3-8(4-6-9)10-7-11(16-12-10)17(2,13)14/h3-6,11H,7H2,1-2H3/t11-/m1/s1. The van der Waals surface area contributed by atoms with Crippen LogP contribution in [0.4, 0.5) is 0 Å². The van der Waals surface area contributed by atoms with Crippen molar-refractivity contribution in [2.24, 2.45) is 5.16 Å². The van der Waals surface area contributed by atoms with Crippen LogP contribution in [-0.4, -0.2) is 32.9 Å². The number of nitrogens with zero attached hydrogens (tertiary/aromatic N) is 1. The summed E-state index contributed by atoms with van der Waals surface area (Å²) in [6.45, 7) is 0. The van der Waals surface area contributed by atoms with Crippen molar-refractivity contribution in [3.8, 4) is 5.75 Å². The molecule has 1 aromatic carbocycles. The minimum atomic E-state index is -3.22. The van der Waals surface area contributed by atoms with E-state index in [0.29, 0.717) is 5.71 Å². The van der Waals surface area contributed by atoms with Gasteiger partial charge in [0.15, 0.2) is 9.84 Å². The minimum absolute atomic E-state index is 0.283. The summed E-state index contributed by atoms with van der Waals surface area (Å²) in [7, 11) is -1.63. The number of sulfone groups is 1. The number of hydrogen-bond donors (Lipinski definition) is 0. The van der Waals surface area contributed by atoms with Crippen LogP contribution in [0.15, 0.2) is 29.4 Å². The van der Waals surface area contributed by atoms with E-state index < -0.39 is 15.3 Å². The average molecular weight is 255 g/mol. The topological polar surface area (TPSA) is 65.0 Å². The highest BCUT2D eigenvalue weighted by Gasteiger charge is 2.30. The van der Waals surface area contributed by atoms with Gasteiger partial charge in [-0.15, -0.1) is 0 Å². The zero-order valence-corrected chi connectivity index (χ0v) is 10.4. The lowest BCUT2D eigenvalue weighted by molar-refractivity contribution is 0.141. The van der Waals surface area contributed by atoms with E-state index in [0.717, 1.165) is 17.6 Å². The Morgan fingerprint density at radius 3 is 2.47 bits per heavy atom. The Hall–Kier alpha value is -1.56. The fourth-order valence-corrected chi connectivity index (χ4v) is 2.20. The molecular formula is C11H13NO4S. The van der Waals surface area contributed by atoms with Crippen LogP contribution < -0.4 is 4.74 Å². The molecule has 1 atom stereocenters. The number of oxime groups is 1. The molecule has 5 nitrogen and oxygen atoms in total. The summed E-state index contributed by atoms with van der Waals surface area (Å²) in [4.78, 5) is 4.91. The van der Waals surface area contributed by atoms with Crippen molar-refractivity contribution in [3.63, 3.8) is 0 Å². The van der Waals surface area contributed by atoms with Gasteiger partial charge in [-0.25, -0.2) is 8.42 Å². The molecule has 2 rings (SSSR count). The molecule has 0 aromatic heterocycles. The first kappa shape index (κ1) is 11.9. The third-order valence-electron chi connectivity index (χ3n) is 2.54. The molecule has 6 heteroatoms. The van der Waals surface area contributed by atoms with Gasteiger partial charge in [0.2, 0.25) is 5.44 Å². The Morgan fingerprint density at radius 2 is 2.00 bits per heavy atom. The smallest absolute Gasteiger partial charge is 0.232 e. The van der Waals surface area contributed by atoms with Crippen LogP contribution in [0.2, 0.25) is 0 Å². The second-order valence-electron chi connectivity index (χ2n) is 3.84. The van der Waals surface area contributed by atoms with Gasteiger partial charge in [-0.2, -0.15) is 0 Å². The van der Waals surface area contributed by atoms with Crippen LogP contribution in [-0.2, 0) is 14.7 Å². The summed E-state index contributed by atoms with van der Waals surface area (Å²) in [5.41, 5.74) is 0.625. The first-order valence-corrected chi connectivity index (χ1v) is 7.02. The van der Waals surface area contributed by atoms with Crippen molar-refractivity contribution in [3.05, 3.63) is 29.8 Å². The van der Waals surface area contributed by atoms with Crippen molar-refractivity contribution in [2.75, 3.05) is 13.4 Å². The first-order chi connectivity index (χ1) is 8.00. The van der Waals surface area contributed by atoms with Crippen molar-refractivity contribution < 1.29 is 18.0 Å². The number of hydrogen-bond acceptors (Lipinski definition) is 5. The van der Waals surface area contributed by atoms with Gasteiger partial charge < -0.3 is 9.57 Å². The quantitative estimate of drug-likeness (QED) is 0.813. The molecule has 92 valence electrons. The average Bonchev–Trinajstić information content (AvgIpc) is 2.78. The number of rotatable bonds is 3. The lowest BCUT2D eigenvalue weighted by Gasteiger charge is -2.04. The maximum absolute atomic E-state index is 11.3. The SMILES string of the molecule is COc1ccc(C2=NO[C@H](S(C)(=O)=O)C2)cc1. The molecular weight excluding hydrogens is 242 g/mol. The predicted octanol–water partition coefficient (Wildman–Crippen LogP) is 1.19. The van der Waals surface area contributed by atoms with E-state index in [1.54, 1.807) is 19.2 Å². The predicted molar refractivity (Wildman–Crippen MR) is 63.9 cm³/mol. The van der Waals surface area contributed by atoms with Crippen LogP contribution >= 0.6 is 0 Å². The zero-order valence-electron chi connectivity index (χ0n) is 9.58. The highest BCUT2D eigenvalue weighted by atomic mass is 32.2. The van der Waals surface area contributed by atoms with Gasteiger partial charge in [0, 0.05) is 12.7 Å². The molecule has 1 aliphatic heterocycles. The lowest BCUT2D eigenvalue weighted by Crippen LogP contribution is -2.19. The molecule has 1 aromatic rings. The van der Waals surface area contributed by atoms with Gasteiger partial charge in [0.1, 0.15) is 5.75 Å². The summed E-state index contributed by atoms with van der Waals surface area (Å²) in [5.74, 6) is 0.743. The van der Waals surface area contributed by atoms with E-state index in [1.807, 2.05) is 12.1 Å². The summed E-state index contributed by atoms with van der Waals surface area (Å²) in [6, 6.07) is 7.24. The molecule has 0 spiro atoms. The maximum Gasteiger partial charge on any atom is 0.232 e. The monoisotopic (exact) mass is 255 g/mol. The summed E-state index contributed by atoms with van der Waals surface area (Å²) in [6.07, 6.45) is 1.43. The van der Waals surface area contributed by atoms with Crippen molar-refractivity contribution in [1.29, 1.82) is 0 Å². The van der Waals surface area contributed by atoms with Gasteiger partial charge in [-0.3, -0.25) is 0 Å². The number of ether oxygens (including phenoxy) is 1. The van der Waals surface area contributed by atoms with E-state index in [-0.39, 0.29) is 6.42 Å². The van der Waals surface area contributed by atoms with E-state index in [4.69, 9.17) is 9.57 Å². The number of benzene rings is 1. The second kappa shape index (κ2) is 4.37. The third kappa shape index (κ3) is 2.58. The van der Waals surface area contributed by atoms with Crippen LogP contribution in [0, 0.1) is 0 Å². The highest BCUT2D eigenvalue weighted by molar-refractivity contribution is 7.91. The van der Waals surface area contributed by atoms with E-state index in [9.17, 15) is 8.42 Å². The molecule has 0 amide bonds. The minimum Gasteiger partial charge on any atom is -0.497 e. The Bertz CT molecular complexity index is 533. The summed E-state index contributed by atoms with van der Waals surface area (Å²) in [5, 5.41) is 3.81. The summed E-state index contributed by atoms with van der Waals surface area (Å²) < 4.78 is 27.6. The van der Waals surface area contributed by atoms with Crippen molar-refractivity contribution >= 4 is 15.5 Å². The van der Waals surface area contributed by atoms with Crippen LogP contribution in [0.25, 0.3) is 0 Å². The van der Waals surface area contributed by atoms with E-state index in [2.05, 4.69) is 5.16 Å². The Labute approximate surface area is 100.0 Å². The van der Waals surface area contributed by atoms with Crippen molar-refractivity contribution in [2.45, 2.75) is 11.9 Å². The molecule has 0 saturated heterocycles. The van der Waals surface area contributed by atoms with Gasteiger partial charge >= 0.3 is 0 Å². The molecule has 0 bridgehead atoms. The molecule has 1 aliphatic rings. The second-order valence-corrected chi connectivity index (χ2v) is 6.02. The van der Waals surface area contributed by atoms with Crippen LogP contribution in [0.5, 0.6) is 5.75 Å². The third-order valence-corrected chi connectivity index (χ3v) is 3.75. The molecule has 0 unspecified atom stereocenters. The van der Waals surface area contributed by atoms with Crippen LogP contribution in [0.3, 0.4) is 0 Å². The Balaban J connectivity index is 2.15. The molecule has 0 radical (unpaired) electrons. The van der Waals surface area contributed by atoms with Gasteiger partial charge in [-0.05, 0) is 29.8 Å². The fraction of sp³-hybridized carbons (Fsp3) is 0.364. The molecule has 0 saturated carbocycles. The van der Waals surface area contributed by atoms with Gasteiger partial charge in [0.25, 0.3) is 0 Å².